The van der Waals surface area contributed by atoms with Crippen molar-refractivity contribution in [3.8, 4) is 5.75 Å². The zero-order chi connectivity index (χ0) is 20.8. The molecule has 2 N–H and O–H groups in total. The number of para-hydroxylation sites is 2. The van der Waals surface area contributed by atoms with Gasteiger partial charge in [0.15, 0.2) is 0 Å². The van der Waals surface area contributed by atoms with Crippen LogP contribution in [0.3, 0.4) is 0 Å². The smallest absolute Gasteiger partial charge is 0.274 e. The predicted octanol–water partition coefficient (Wildman–Crippen LogP) is 4.51. The number of rotatable bonds is 6. The van der Waals surface area contributed by atoms with Gasteiger partial charge in [-0.25, -0.2) is 4.39 Å². The Morgan fingerprint density at radius 2 is 1.76 bits per heavy atom. The van der Waals surface area contributed by atoms with Crippen molar-refractivity contribution in [2.75, 3.05) is 10.6 Å². The van der Waals surface area contributed by atoms with Gasteiger partial charge in [0.2, 0.25) is 0 Å². The van der Waals surface area contributed by atoms with Gasteiger partial charge < -0.3 is 15.4 Å². The van der Waals surface area contributed by atoms with Crippen LogP contribution in [-0.4, -0.2) is 22.9 Å². The maximum atomic E-state index is 13.3. The zero-order valence-corrected chi connectivity index (χ0v) is 16.0. The summed E-state index contributed by atoms with van der Waals surface area (Å²) in [5, 5.41) is 5.33. The Morgan fingerprint density at radius 3 is 2.52 bits per heavy atom. The number of aromatic nitrogens is 1. The van der Waals surface area contributed by atoms with Crippen molar-refractivity contribution in [1.82, 2.24) is 4.98 Å². The summed E-state index contributed by atoms with van der Waals surface area (Å²) in [6, 6.07) is 15.5. The van der Waals surface area contributed by atoms with Crippen LogP contribution in [0, 0.1) is 5.82 Å². The van der Waals surface area contributed by atoms with Crippen LogP contribution in [0.15, 0.2) is 66.9 Å². The molecule has 0 saturated carbocycles. The number of anilines is 2. The van der Waals surface area contributed by atoms with Crippen molar-refractivity contribution in [2.24, 2.45) is 0 Å². The molecule has 2 aromatic carbocycles. The first-order valence-electron chi connectivity index (χ1n) is 9.02. The molecule has 148 valence electrons. The molecule has 0 radical (unpaired) electrons. The Kier molecular flexibility index (Phi) is 6.19. The number of pyridine rings is 1. The van der Waals surface area contributed by atoms with E-state index in [0.717, 1.165) is 0 Å². The monoisotopic (exact) mass is 393 g/mol. The first-order chi connectivity index (χ1) is 13.9. The Balaban J connectivity index is 1.75. The fraction of sp³-hybridized carbons (Fsp3) is 0.136. The number of nitrogens with zero attached hydrogens (tertiary/aromatic N) is 1. The highest BCUT2D eigenvalue weighted by Crippen LogP contribution is 2.25. The van der Waals surface area contributed by atoms with Gasteiger partial charge >= 0.3 is 0 Å². The van der Waals surface area contributed by atoms with Gasteiger partial charge in [-0.3, -0.25) is 14.6 Å². The van der Waals surface area contributed by atoms with Crippen LogP contribution in [-0.2, 0) is 0 Å². The number of amides is 2. The lowest BCUT2D eigenvalue weighted by Gasteiger charge is -2.14. The SMILES string of the molecule is CC(C)Oc1ccccc1NC(=O)c1cc(C(=O)Nc2cccc(F)c2)ccn1. The number of ether oxygens (including phenoxy) is 1. The van der Waals surface area contributed by atoms with E-state index in [9.17, 15) is 14.0 Å². The summed E-state index contributed by atoms with van der Waals surface area (Å²) in [6.07, 6.45) is 1.31. The summed E-state index contributed by atoms with van der Waals surface area (Å²) in [5.74, 6) is -0.878. The second-order valence-corrected chi connectivity index (χ2v) is 6.51. The zero-order valence-electron chi connectivity index (χ0n) is 16.0. The molecule has 0 spiro atoms. The first-order valence-corrected chi connectivity index (χ1v) is 9.02. The van der Waals surface area contributed by atoms with Gasteiger partial charge in [-0.15, -0.1) is 0 Å². The van der Waals surface area contributed by atoms with Crippen LogP contribution in [0.2, 0.25) is 0 Å². The van der Waals surface area contributed by atoms with Crippen molar-refractivity contribution >= 4 is 23.2 Å². The molecule has 6 nitrogen and oxygen atoms in total. The van der Waals surface area contributed by atoms with Crippen molar-refractivity contribution in [2.45, 2.75) is 20.0 Å². The van der Waals surface area contributed by atoms with Crippen LogP contribution >= 0.6 is 0 Å². The van der Waals surface area contributed by atoms with Gasteiger partial charge in [0.1, 0.15) is 17.3 Å². The van der Waals surface area contributed by atoms with Crippen molar-refractivity contribution < 1.29 is 18.7 Å². The fourth-order valence-corrected chi connectivity index (χ4v) is 2.58. The Labute approximate surface area is 167 Å². The van der Waals surface area contributed by atoms with E-state index in [1.54, 1.807) is 24.3 Å². The van der Waals surface area contributed by atoms with E-state index in [0.29, 0.717) is 17.1 Å². The summed E-state index contributed by atoms with van der Waals surface area (Å²) >= 11 is 0. The standard InChI is InChI=1S/C22H20FN3O3/c1-14(2)29-20-9-4-3-8-18(20)26-22(28)19-12-15(10-11-24-19)21(27)25-17-7-5-6-16(23)13-17/h3-14H,1-2H3,(H,25,27)(H,26,28). The Hall–Kier alpha value is -3.74. The molecule has 0 aliphatic heterocycles. The molecule has 3 aromatic rings. The van der Waals surface area contributed by atoms with Crippen molar-refractivity contribution in [3.05, 3.63) is 83.9 Å². The van der Waals surface area contributed by atoms with E-state index < -0.39 is 17.6 Å². The summed E-state index contributed by atoms with van der Waals surface area (Å²) in [4.78, 5) is 29.1. The Morgan fingerprint density at radius 1 is 0.966 bits per heavy atom. The fourth-order valence-electron chi connectivity index (χ4n) is 2.58. The summed E-state index contributed by atoms with van der Waals surface area (Å²) in [7, 11) is 0. The lowest BCUT2D eigenvalue weighted by molar-refractivity contribution is 0.102. The summed E-state index contributed by atoms with van der Waals surface area (Å²) in [5.41, 5.74) is 1.11. The molecule has 0 saturated heterocycles. The van der Waals surface area contributed by atoms with Crippen molar-refractivity contribution in [3.63, 3.8) is 0 Å². The molecule has 1 aromatic heterocycles. The predicted molar refractivity (Wildman–Crippen MR) is 109 cm³/mol. The Bertz CT molecular complexity index is 1040. The van der Waals surface area contributed by atoms with E-state index in [1.807, 2.05) is 19.9 Å². The number of carbonyl (C=O) groups is 2. The van der Waals surface area contributed by atoms with Gasteiger partial charge in [0.25, 0.3) is 11.8 Å². The van der Waals surface area contributed by atoms with Gasteiger partial charge in [0.05, 0.1) is 11.8 Å². The van der Waals surface area contributed by atoms with Crippen LogP contribution < -0.4 is 15.4 Å². The highest BCUT2D eigenvalue weighted by molar-refractivity contribution is 6.08. The molecule has 1 heterocycles. The van der Waals surface area contributed by atoms with E-state index in [2.05, 4.69) is 15.6 Å². The normalized spacial score (nSPS) is 10.5. The van der Waals surface area contributed by atoms with E-state index in [1.165, 1.54) is 36.5 Å². The minimum Gasteiger partial charge on any atom is -0.489 e. The molecule has 0 bridgehead atoms. The van der Waals surface area contributed by atoms with Gasteiger partial charge in [-0.05, 0) is 56.3 Å². The molecule has 0 unspecified atom stereocenters. The number of benzene rings is 2. The molecule has 0 aliphatic rings. The minimum atomic E-state index is -0.481. The molecule has 2 amide bonds. The highest BCUT2D eigenvalue weighted by atomic mass is 19.1. The second-order valence-electron chi connectivity index (χ2n) is 6.51. The lowest BCUT2D eigenvalue weighted by Crippen LogP contribution is -2.18. The first kappa shape index (κ1) is 20.0. The highest BCUT2D eigenvalue weighted by Gasteiger charge is 2.15. The number of carbonyl (C=O) groups excluding carboxylic acids is 2. The van der Waals surface area contributed by atoms with Crippen LogP contribution in [0.5, 0.6) is 5.75 Å². The average Bonchev–Trinajstić information content (AvgIpc) is 2.69. The number of hydrogen-bond acceptors (Lipinski definition) is 4. The molecule has 29 heavy (non-hydrogen) atoms. The maximum Gasteiger partial charge on any atom is 0.274 e. The van der Waals surface area contributed by atoms with Crippen LogP contribution in [0.4, 0.5) is 15.8 Å². The molecule has 0 atom stereocenters. The topological polar surface area (TPSA) is 80.3 Å². The third-order valence-corrected chi connectivity index (χ3v) is 3.84. The third-order valence-electron chi connectivity index (χ3n) is 3.84. The van der Waals surface area contributed by atoms with Crippen LogP contribution in [0.25, 0.3) is 0 Å². The molecule has 0 aliphatic carbocycles. The number of nitrogens with one attached hydrogen (secondary N) is 2. The quantitative estimate of drug-likeness (QED) is 0.646. The largest absolute Gasteiger partial charge is 0.489 e. The second kappa shape index (κ2) is 8.97. The summed E-state index contributed by atoms with van der Waals surface area (Å²) < 4.78 is 19.0. The van der Waals surface area contributed by atoms with Crippen molar-refractivity contribution in [1.29, 1.82) is 0 Å². The number of halogens is 1. The van der Waals surface area contributed by atoms with E-state index in [-0.39, 0.29) is 17.4 Å². The molecular formula is C22H20FN3O3. The third kappa shape index (κ3) is 5.38. The van der Waals surface area contributed by atoms with E-state index >= 15 is 0 Å². The van der Waals surface area contributed by atoms with Gasteiger partial charge in [0, 0.05) is 17.4 Å². The van der Waals surface area contributed by atoms with Gasteiger partial charge in [-0.1, -0.05) is 18.2 Å². The molecular weight excluding hydrogens is 373 g/mol. The van der Waals surface area contributed by atoms with Crippen LogP contribution in [0.1, 0.15) is 34.7 Å². The summed E-state index contributed by atoms with van der Waals surface area (Å²) in [6.45, 7) is 3.78. The lowest BCUT2D eigenvalue weighted by atomic mass is 10.2. The minimum absolute atomic E-state index is 0.0546. The molecule has 0 fully saturated rings. The van der Waals surface area contributed by atoms with Gasteiger partial charge in [-0.2, -0.15) is 0 Å². The maximum absolute atomic E-state index is 13.3. The average molecular weight is 393 g/mol. The molecule has 7 heteroatoms. The molecule has 3 rings (SSSR count). The number of hydrogen-bond donors (Lipinski definition) is 2. The van der Waals surface area contributed by atoms with E-state index in [4.69, 9.17) is 4.74 Å².